The summed E-state index contributed by atoms with van der Waals surface area (Å²) in [5, 5.41) is 12.5. The van der Waals surface area contributed by atoms with Gasteiger partial charge in [0.1, 0.15) is 17.7 Å². The fourth-order valence-electron chi connectivity index (χ4n) is 4.92. The van der Waals surface area contributed by atoms with Gasteiger partial charge in [0.15, 0.2) is 5.78 Å². The molecule has 2 aromatic heterocycles. The van der Waals surface area contributed by atoms with Crippen molar-refractivity contribution in [2.75, 3.05) is 13.1 Å². The zero-order valence-electron chi connectivity index (χ0n) is 24.1. The number of rotatable bonds is 6. The lowest BCUT2D eigenvalue weighted by atomic mass is 10.0. The third-order valence-electron chi connectivity index (χ3n) is 7.11. The van der Waals surface area contributed by atoms with Crippen LogP contribution in [0.3, 0.4) is 0 Å². The van der Waals surface area contributed by atoms with Crippen molar-refractivity contribution in [1.82, 2.24) is 30.3 Å². The van der Waals surface area contributed by atoms with Crippen molar-refractivity contribution >= 4 is 34.8 Å². The molecule has 3 amide bonds. The molecule has 1 aliphatic rings. The Kier molecular flexibility index (Phi) is 10.0. The number of hydrogen-bond acceptors (Lipinski definition) is 7. The molecule has 0 radical (unpaired) electrons. The summed E-state index contributed by atoms with van der Waals surface area (Å²) in [7, 11) is 0. The Balaban J connectivity index is 1.60. The summed E-state index contributed by atoms with van der Waals surface area (Å²) in [6, 6.07) is 10.1. The molecule has 0 saturated carbocycles. The molecular formula is C30H38N6O4S. The summed E-state index contributed by atoms with van der Waals surface area (Å²) in [6.07, 6.45) is 1.14. The number of ketones is 1. The van der Waals surface area contributed by atoms with Crippen molar-refractivity contribution in [3.8, 4) is 0 Å². The maximum absolute atomic E-state index is 13.6. The van der Waals surface area contributed by atoms with Crippen LogP contribution in [0.25, 0.3) is 0 Å². The van der Waals surface area contributed by atoms with Crippen LogP contribution in [0.4, 0.5) is 0 Å². The fraction of sp³-hybridized carbons (Fsp3) is 0.467. The number of thiophene rings is 1. The van der Waals surface area contributed by atoms with Gasteiger partial charge < -0.3 is 15.5 Å². The molecule has 1 aromatic carbocycles. The van der Waals surface area contributed by atoms with Crippen LogP contribution in [-0.2, 0) is 33.8 Å². The smallest absolute Gasteiger partial charge is 0.243 e. The third kappa shape index (κ3) is 8.09. The van der Waals surface area contributed by atoms with Crippen LogP contribution in [-0.4, -0.2) is 62.3 Å². The van der Waals surface area contributed by atoms with Gasteiger partial charge in [-0.05, 0) is 48.8 Å². The monoisotopic (exact) mass is 578 g/mol. The third-order valence-corrected chi connectivity index (χ3v) is 8.19. The van der Waals surface area contributed by atoms with Crippen LogP contribution in [0.1, 0.15) is 72.1 Å². The summed E-state index contributed by atoms with van der Waals surface area (Å²) in [4.78, 5) is 58.7. The Morgan fingerprint density at radius 1 is 1.07 bits per heavy atom. The van der Waals surface area contributed by atoms with Gasteiger partial charge in [-0.1, -0.05) is 44.2 Å². The van der Waals surface area contributed by atoms with E-state index >= 15 is 0 Å². The molecule has 4 rings (SSSR count). The van der Waals surface area contributed by atoms with E-state index in [0.29, 0.717) is 49.0 Å². The van der Waals surface area contributed by atoms with Crippen LogP contribution in [0.5, 0.6) is 0 Å². The molecule has 0 saturated heterocycles. The second-order valence-electron chi connectivity index (χ2n) is 10.8. The van der Waals surface area contributed by atoms with Crippen LogP contribution in [0, 0.1) is 12.8 Å². The van der Waals surface area contributed by atoms with E-state index in [2.05, 4.69) is 20.7 Å². The Labute approximate surface area is 244 Å². The Hall–Kier alpha value is -3.86. The highest BCUT2D eigenvalue weighted by molar-refractivity contribution is 7.12. The molecule has 1 aliphatic heterocycles. The number of carbonyl (C=O) groups excluding carboxylic acids is 4. The Morgan fingerprint density at radius 2 is 1.83 bits per heavy atom. The first kappa shape index (κ1) is 30.1. The zero-order valence-corrected chi connectivity index (χ0v) is 24.9. The number of aryl methyl sites for hydroxylation is 1. The number of Topliss-reactive ketones (excluding diaryl/α,β-unsaturated/α-hetero) is 1. The summed E-state index contributed by atoms with van der Waals surface area (Å²) in [6.45, 7) is 8.45. The normalized spacial score (nSPS) is 18.8. The minimum atomic E-state index is -0.765. The van der Waals surface area contributed by atoms with Gasteiger partial charge in [0.25, 0.3) is 0 Å². The van der Waals surface area contributed by atoms with Crippen molar-refractivity contribution in [2.45, 2.75) is 72.0 Å². The van der Waals surface area contributed by atoms with Gasteiger partial charge in [0.05, 0.1) is 23.9 Å². The summed E-state index contributed by atoms with van der Waals surface area (Å²) < 4.78 is 1.77. The van der Waals surface area contributed by atoms with Crippen LogP contribution < -0.4 is 10.6 Å². The molecule has 0 bridgehead atoms. The maximum atomic E-state index is 13.6. The highest BCUT2D eigenvalue weighted by Gasteiger charge is 2.30. The molecule has 218 valence electrons. The first-order valence-corrected chi connectivity index (χ1v) is 14.9. The number of carbonyl (C=O) groups is 4. The topological polar surface area (TPSA) is 126 Å². The molecule has 2 N–H and O–H groups in total. The summed E-state index contributed by atoms with van der Waals surface area (Å²) >= 11 is 1.34. The van der Waals surface area contributed by atoms with E-state index in [0.717, 1.165) is 11.1 Å². The van der Waals surface area contributed by atoms with Gasteiger partial charge in [-0.3, -0.25) is 19.2 Å². The first-order valence-electron chi connectivity index (χ1n) is 14.0. The van der Waals surface area contributed by atoms with Crippen LogP contribution in [0.15, 0.2) is 41.8 Å². The molecule has 10 nitrogen and oxygen atoms in total. The van der Waals surface area contributed by atoms with Gasteiger partial charge in [0, 0.05) is 25.9 Å². The average molecular weight is 579 g/mol. The quantitative estimate of drug-likeness (QED) is 0.433. The Bertz CT molecular complexity index is 1380. The number of nitrogens with one attached hydrogen (secondary N) is 2. The molecule has 0 spiro atoms. The second-order valence-corrected chi connectivity index (χ2v) is 11.7. The second kappa shape index (κ2) is 13.7. The predicted molar refractivity (Wildman–Crippen MR) is 156 cm³/mol. The van der Waals surface area contributed by atoms with Gasteiger partial charge in [-0.15, -0.1) is 11.3 Å². The van der Waals surface area contributed by atoms with Crippen molar-refractivity contribution in [3.05, 3.63) is 69.4 Å². The van der Waals surface area contributed by atoms with E-state index in [1.807, 2.05) is 49.6 Å². The van der Waals surface area contributed by atoms with E-state index in [4.69, 9.17) is 0 Å². The van der Waals surface area contributed by atoms with Gasteiger partial charge in [-0.25, -0.2) is 9.67 Å². The summed E-state index contributed by atoms with van der Waals surface area (Å²) in [5.74, 6) is 0.561. The molecule has 0 fully saturated rings. The molecule has 0 aliphatic carbocycles. The van der Waals surface area contributed by atoms with E-state index in [1.165, 1.54) is 18.3 Å². The van der Waals surface area contributed by atoms with Crippen molar-refractivity contribution in [1.29, 1.82) is 0 Å². The largest absolute Gasteiger partial charge is 0.344 e. The summed E-state index contributed by atoms with van der Waals surface area (Å²) in [5.41, 5.74) is 1.73. The van der Waals surface area contributed by atoms with Crippen molar-refractivity contribution in [2.24, 2.45) is 5.92 Å². The Morgan fingerprint density at radius 3 is 2.51 bits per heavy atom. The number of amides is 3. The van der Waals surface area contributed by atoms with E-state index in [1.54, 1.807) is 22.6 Å². The SMILES string of the molecule is CC(=O)c1cc(CC(=O)N2CCCC(=O)N[C@@H](Cc3ccccc3)C(=O)N[C@H](C(C)C)c3nc(C)nn3CC2)cs1. The molecule has 2 atom stereocenters. The van der Waals surface area contributed by atoms with E-state index in [-0.39, 0.29) is 42.3 Å². The molecule has 0 unspecified atom stereocenters. The minimum Gasteiger partial charge on any atom is -0.344 e. The molecule has 3 aromatic rings. The minimum absolute atomic E-state index is 0.00548. The highest BCUT2D eigenvalue weighted by atomic mass is 32.1. The van der Waals surface area contributed by atoms with E-state index in [9.17, 15) is 19.2 Å². The zero-order chi connectivity index (χ0) is 29.5. The number of benzene rings is 1. The molecule has 41 heavy (non-hydrogen) atoms. The number of hydrogen-bond donors (Lipinski definition) is 2. The molecule has 3 heterocycles. The van der Waals surface area contributed by atoms with Gasteiger partial charge in [-0.2, -0.15) is 5.10 Å². The van der Waals surface area contributed by atoms with Gasteiger partial charge >= 0.3 is 0 Å². The van der Waals surface area contributed by atoms with E-state index < -0.39 is 12.1 Å². The highest BCUT2D eigenvalue weighted by Crippen LogP contribution is 2.22. The lowest BCUT2D eigenvalue weighted by Crippen LogP contribution is -2.50. The van der Waals surface area contributed by atoms with Crippen LogP contribution >= 0.6 is 11.3 Å². The molecular weight excluding hydrogens is 540 g/mol. The number of fused-ring (bicyclic) bond motifs is 1. The predicted octanol–water partition coefficient (Wildman–Crippen LogP) is 3.26. The number of aromatic nitrogens is 3. The van der Waals surface area contributed by atoms with Crippen molar-refractivity contribution in [3.63, 3.8) is 0 Å². The number of nitrogens with zero attached hydrogens (tertiary/aromatic N) is 4. The lowest BCUT2D eigenvalue weighted by molar-refractivity contribution is -0.131. The van der Waals surface area contributed by atoms with Gasteiger partial charge in [0.2, 0.25) is 17.7 Å². The first-order chi connectivity index (χ1) is 19.6. The average Bonchev–Trinajstić information content (AvgIpc) is 3.54. The maximum Gasteiger partial charge on any atom is 0.243 e. The molecule has 11 heteroatoms. The van der Waals surface area contributed by atoms with Crippen LogP contribution in [0.2, 0.25) is 0 Å². The lowest BCUT2D eigenvalue weighted by Gasteiger charge is -2.28. The van der Waals surface area contributed by atoms with Crippen molar-refractivity contribution < 1.29 is 19.2 Å². The fourth-order valence-corrected chi connectivity index (χ4v) is 5.74. The standard InChI is InChI=1S/C30H38N6O4S/c1-19(2)28-29-31-21(4)34-36(29)14-13-35(27(39)17-23-16-25(20(3)37)41-18-23)12-8-11-26(38)32-24(30(40)33-28)15-22-9-6-5-7-10-22/h5-7,9-10,16,18-19,24,28H,8,11-15,17H2,1-4H3,(H,32,38)(H,33,40)/t24-,28+/m0/s1.